The van der Waals surface area contributed by atoms with Crippen LogP contribution in [0, 0.1) is 13.1 Å². The molecule has 0 fully saturated rings. The minimum absolute atomic E-state index is 0. The van der Waals surface area contributed by atoms with E-state index >= 15 is 0 Å². The molecule has 0 aliphatic rings. The Morgan fingerprint density at radius 2 is 1.37 bits per heavy atom. The van der Waals surface area contributed by atoms with E-state index in [1.165, 1.54) is 17.3 Å². The second kappa shape index (κ2) is 10.7. The van der Waals surface area contributed by atoms with Gasteiger partial charge in [0.15, 0.2) is 11.4 Å². The SMILES string of the molecule is C.[C-]#[N+]c1ccc(Cn2c[n+](N)cn2)cc1.[C-]#[N+]c1ccc(Cn2cncn2)cc1. The first-order valence-corrected chi connectivity index (χ1v) is 8.60. The van der Waals surface area contributed by atoms with E-state index < -0.39 is 0 Å². The topological polar surface area (TPSA) is 87.1 Å². The van der Waals surface area contributed by atoms with Gasteiger partial charge in [0.25, 0.3) is 6.33 Å². The van der Waals surface area contributed by atoms with Crippen LogP contribution in [0.5, 0.6) is 0 Å². The molecule has 0 aliphatic carbocycles. The normalized spacial score (nSPS) is 9.40. The van der Waals surface area contributed by atoms with Gasteiger partial charge in [0.2, 0.25) is 6.33 Å². The molecule has 0 atom stereocenters. The Balaban J connectivity index is 0.000000207. The number of nitrogens with zero attached hydrogens (tertiary/aromatic N) is 8. The van der Waals surface area contributed by atoms with E-state index in [2.05, 4.69) is 24.9 Å². The maximum absolute atomic E-state index is 6.83. The third-order valence-electron chi connectivity index (χ3n) is 3.89. The predicted molar refractivity (Wildman–Crippen MR) is 113 cm³/mol. The number of aromatic nitrogens is 6. The number of benzene rings is 2. The fourth-order valence-corrected chi connectivity index (χ4v) is 2.46. The van der Waals surface area contributed by atoms with Gasteiger partial charge in [-0.1, -0.05) is 56.0 Å². The second-order valence-electron chi connectivity index (χ2n) is 6.04. The largest absolute Gasteiger partial charge is 0.289 e. The van der Waals surface area contributed by atoms with Crippen molar-refractivity contribution < 1.29 is 4.68 Å². The molecule has 9 nitrogen and oxygen atoms in total. The summed E-state index contributed by atoms with van der Waals surface area (Å²) in [5.74, 6) is 5.47. The van der Waals surface area contributed by atoms with Crippen molar-refractivity contribution in [2.24, 2.45) is 0 Å². The van der Waals surface area contributed by atoms with Gasteiger partial charge in [-0.3, -0.25) is 5.84 Å². The van der Waals surface area contributed by atoms with Crippen LogP contribution >= 0.6 is 0 Å². The summed E-state index contributed by atoms with van der Waals surface area (Å²) in [4.78, 5) is 10.5. The first-order valence-electron chi connectivity index (χ1n) is 8.60. The molecule has 2 N–H and O–H groups in total. The summed E-state index contributed by atoms with van der Waals surface area (Å²) >= 11 is 0. The van der Waals surface area contributed by atoms with Crippen LogP contribution in [0.25, 0.3) is 9.69 Å². The number of nitrogen functional groups attached to an aromatic ring is 1. The maximum Gasteiger partial charge on any atom is 0.286 e. The predicted octanol–water partition coefficient (Wildman–Crippen LogP) is 3.00. The molecule has 2 aromatic heterocycles. The Morgan fingerprint density at radius 1 is 0.833 bits per heavy atom. The highest BCUT2D eigenvalue weighted by Crippen LogP contribution is 2.13. The molecule has 2 aromatic carbocycles. The van der Waals surface area contributed by atoms with E-state index in [0.29, 0.717) is 24.5 Å². The summed E-state index contributed by atoms with van der Waals surface area (Å²) in [6.07, 6.45) is 6.41. The van der Waals surface area contributed by atoms with Gasteiger partial charge in [0, 0.05) is 5.10 Å². The molecule has 4 aromatic rings. The molecule has 0 radical (unpaired) electrons. The van der Waals surface area contributed by atoms with Crippen molar-refractivity contribution in [2.75, 3.05) is 5.84 Å². The number of hydrogen-bond donors (Lipinski definition) is 1. The zero-order valence-electron chi connectivity index (χ0n) is 15.5. The van der Waals surface area contributed by atoms with E-state index in [4.69, 9.17) is 19.0 Å². The Kier molecular flexibility index (Phi) is 7.80. The van der Waals surface area contributed by atoms with Crippen LogP contribution in [0.1, 0.15) is 18.6 Å². The highest BCUT2D eigenvalue weighted by Gasteiger charge is 2.04. The van der Waals surface area contributed by atoms with Crippen LogP contribution in [0.4, 0.5) is 11.4 Å². The lowest BCUT2D eigenvalue weighted by atomic mass is 10.2. The summed E-state index contributed by atoms with van der Waals surface area (Å²) in [7, 11) is 0. The van der Waals surface area contributed by atoms with Crippen LogP contribution in [0.15, 0.2) is 73.8 Å². The number of hydrogen-bond acceptors (Lipinski definition) is 4. The highest BCUT2D eigenvalue weighted by atomic mass is 15.4. The summed E-state index contributed by atoms with van der Waals surface area (Å²) in [6.45, 7) is 15.0. The first kappa shape index (κ1) is 21.8. The van der Waals surface area contributed by atoms with Gasteiger partial charge in [-0.15, -0.1) is 9.36 Å². The molecule has 0 spiro atoms. The second-order valence-corrected chi connectivity index (χ2v) is 6.04. The van der Waals surface area contributed by atoms with E-state index in [1.807, 2.05) is 24.3 Å². The third kappa shape index (κ3) is 6.29. The van der Waals surface area contributed by atoms with Gasteiger partial charge in [-0.25, -0.2) is 19.4 Å². The molecule has 9 heteroatoms. The highest BCUT2D eigenvalue weighted by molar-refractivity contribution is 5.46. The van der Waals surface area contributed by atoms with E-state index in [1.54, 1.807) is 46.3 Å². The summed E-state index contributed by atoms with van der Waals surface area (Å²) < 4.78 is 4.87. The molecule has 0 saturated heterocycles. The van der Waals surface area contributed by atoms with Crippen molar-refractivity contribution in [3.63, 3.8) is 0 Å². The quantitative estimate of drug-likeness (QED) is 0.324. The third-order valence-corrected chi connectivity index (χ3v) is 3.89. The zero-order chi connectivity index (χ0) is 20.5. The van der Waals surface area contributed by atoms with Gasteiger partial charge in [-0.2, -0.15) is 5.10 Å². The Bertz CT molecular complexity index is 1110. The fourth-order valence-electron chi connectivity index (χ4n) is 2.46. The maximum atomic E-state index is 6.83. The first-order chi connectivity index (χ1) is 14.2. The lowest BCUT2D eigenvalue weighted by Crippen LogP contribution is -2.42. The van der Waals surface area contributed by atoms with Crippen LogP contribution in [0.3, 0.4) is 0 Å². The van der Waals surface area contributed by atoms with Crippen molar-refractivity contribution in [1.29, 1.82) is 0 Å². The summed E-state index contributed by atoms with van der Waals surface area (Å²) in [6, 6.07) is 14.9. The Labute approximate surface area is 175 Å². The summed E-state index contributed by atoms with van der Waals surface area (Å²) in [5.41, 5.74) is 3.51. The monoisotopic (exact) mass is 400 g/mol. The molecule has 150 valence electrons. The van der Waals surface area contributed by atoms with E-state index in [9.17, 15) is 0 Å². The lowest BCUT2D eigenvalue weighted by molar-refractivity contribution is -0.639. The molecule has 0 bridgehead atoms. The van der Waals surface area contributed by atoms with Gasteiger partial charge < -0.3 is 0 Å². The molecule has 30 heavy (non-hydrogen) atoms. The van der Waals surface area contributed by atoms with E-state index in [0.717, 1.165) is 11.1 Å². The minimum Gasteiger partial charge on any atom is -0.289 e. The fraction of sp³-hybridized carbons (Fsp3) is 0.143. The molecule has 2 heterocycles. The van der Waals surface area contributed by atoms with Crippen molar-refractivity contribution in [2.45, 2.75) is 20.5 Å². The molecule has 4 rings (SSSR count). The van der Waals surface area contributed by atoms with Gasteiger partial charge in [0.1, 0.15) is 19.2 Å². The van der Waals surface area contributed by atoms with Crippen molar-refractivity contribution in [3.05, 3.63) is 108 Å². The molecular weight excluding hydrogens is 378 g/mol. The van der Waals surface area contributed by atoms with Crippen LogP contribution in [0.2, 0.25) is 0 Å². The van der Waals surface area contributed by atoms with Crippen LogP contribution < -0.4 is 10.5 Å². The molecular formula is C21H22N9+. The number of rotatable bonds is 4. The van der Waals surface area contributed by atoms with Crippen molar-refractivity contribution in [3.8, 4) is 0 Å². The smallest absolute Gasteiger partial charge is 0.286 e. The van der Waals surface area contributed by atoms with Crippen molar-refractivity contribution >= 4 is 11.4 Å². The minimum atomic E-state index is 0. The lowest BCUT2D eigenvalue weighted by Gasteiger charge is -2.00. The molecule has 0 amide bonds. The van der Waals surface area contributed by atoms with Gasteiger partial charge in [0.05, 0.1) is 19.7 Å². The van der Waals surface area contributed by atoms with Crippen LogP contribution in [-0.2, 0) is 13.1 Å². The van der Waals surface area contributed by atoms with Gasteiger partial charge >= 0.3 is 0 Å². The number of nitrogens with two attached hydrogens (primary N) is 1. The molecule has 0 aliphatic heterocycles. The average Bonchev–Trinajstić information content (AvgIpc) is 3.41. The van der Waals surface area contributed by atoms with Crippen LogP contribution in [-0.4, -0.2) is 24.5 Å². The van der Waals surface area contributed by atoms with Gasteiger partial charge in [-0.05, 0) is 11.1 Å². The Morgan fingerprint density at radius 3 is 1.77 bits per heavy atom. The van der Waals surface area contributed by atoms with Crippen molar-refractivity contribution in [1.82, 2.24) is 24.5 Å². The molecule has 0 unspecified atom stereocenters. The molecule has 0 saturated carbocycles. The van der Waals surface area contributed by atoms with E-state index in [-0.39, 0.29) is 7.43 Å². The average molecular weight is 400 g/mol. The zero-order valence-corrected chi connectivity index (χ0v) is 15.5. The Hall–Kier alpha value is -4.50. The summed E-state index contributed by atoms with van der Waals surface area (Å²) in [5, 5.41) is 8.05. The standard InChI is InChI=1S/C10H10N5.C10H8N4.CH4/c1-12-10-4-2-9(3-5-10)6-15-8-14(11)7-13-15;1-11-10-4-2-9(3-5-10)6-14-8-12-7-13-14;/h2-5,7-8H,6,11H2;2-5,7-8H,6H2;1H4/q+1;;.